The molecule has 3 heterocycles. The fourth-order valence-electron chi connectivity index (χ4n) is 4.36. The number of nitrogens with zero attached hydrogens (tertiary/aromatic N) is 3. The quantitative estimate of drug-likeness (QED) is 0.461. The number of halogens is 1. The van der Waals surface area contributed by atoms with E-state index >= 15 is 0 Å². The Morgan fingerprint density at radius 2 is 1.90 bits per heavy atom. The van der Waals surface area contributed by atoms with E-state index in [2.05, 4.69) is 0 Å². The van der Waals surface area contributed by atoms with Crippen LogP contribution in [0.1, 0.15) is 41.4 Å². The molecule has 0 saturated carbocycles. The van der Waals surface area contributed by atoms with Crippen LogP contribution < -0.4 is 10.4 Å². The lowest BCUT2D eigenvalue weighted by Crippen LogP contribution is -2.65. The van der Waals surface area contributed by atoms with Gasteiger partial charge in [0, 0.05) is 25.9 Å². The predicted octanol–water partition coefficient (Wildman–Crippen LogP) is 2.58. The van der Waals surface area contributed by atoms with E-state index in [1.165, 1.54) is 6.07 Å². The lowest BCUT2D eigenvalue weighted by Gasteiger charge is -2.53. The molecule has 4 rings (SSSR count). The van der Waals surface area contributed by atoms with Crippen molar-refractivity contribution in [2.75, 3.05) is 25.3 Å². The molecule has 0 aliphatic carbocycles. The monoisotopic (exact) mass is 525 g/mol. The van der Waals surface area contributed by atoms with Crippen LogP contribution in [0.4, 0.5) is 0 Å². The maximum atomic E-state index is 12.9. The van der Waals surface area contributed by atoms with Crippen LogP contribution in [0.3, 0.4) is 0 Å². The molecule has 160 valence electrons. The SMILES string of the molecule is CN1C(=O)c2c(O)c(=O)ccn2N2C(c3ccccc3)C(OCCCOI)CCC12. The summed E-state index contributed by atoms with van der Waals surface area (Å²) in [4.78, 5) is 26.6. The number of rotatable bonds is 6. The first kappa shape index (κ1) is 21.1. The summed E-state index contributed by atoms with van der Waals surface area (Å²) in [6, 6.07) is 11.1. The summed E-state index contributed by atoms with van der Waals surface area (Å²) in [6.07, 6.45) is 3.52. The van der Waals surface area contributed by atoms with Gasteiger partial charge in [-0.15, -0.1) is 0 Å². The molecule has 9 heteroatoms. The van der Waals surface area contributed by atoms with Gasteiger partial charge in [-0.1, -0.05) is 30.3 Å². The van der Waals surface area contributed by atoms with E-state index in [0.717, 1.165) is 18.4 Å². The number of ether oxygens (including phenoxy) is 1. The summed E-state index contributed by atoms with van der Waals surface area (Å²) in [5, 5.41) is 12.4. The number of hydrogen-bond donors (Lipinski definition) is 1. The lowest BCUT2D eigenvalue weighted by atomic mass is 9.91. The van der Waals surface area contributed by atoms with Crippen molar-refractivity contribution in [2.24, 2.45) is 0 Å². The predicted molar refractivity (Wildman–Crippen MR) is 119 cm³/mol. The van der Waals surface area contributed by atoms with Crippen molar-refractivity contribution >= 4 is 28.9 Å². The Bertz CT molecular complexity index is 967. The molecule has 0 radical (unpaired) electrons. The second-order valence-corrected chi connectivity index (χ2v) is 8.13. The first-order valence-electron chi connectivity index (χ1n) is 9.95. The van der Waals surface area contributed by atoms with E-state index in [1.807, 2.05) is 58.3 Å². The zero-order valence-electron chi connectivity index (χ0n) is 16.6. The molecule has 30 heavy (non-hydrogen) atoms. The number of pyridine rings is 1. The van der Waals surface area contributed by atoms with Crippen LogP contribution in [-0.2, 0) is 7.80 Å². The fourth-order valence-corrected chi connectivity index (χ4v) is 4.67. The molecule has 3 unspecified atom stereocenters. The molecule has 1 aromatic heterocycles. The van der Waals surface area contributed by atoms with Gasteiger partial charge < -0.3 is 17.8 Å². The molecule has 2 aliphatic rings. The van der Waals surface area contributed by atoms with Gasteiger partial charge in [-0.05, 0) is 24.8 Å². The number of benzene rings is 1. The number of aromatic hydroxyl groups is 1. The minimum absolute atomic E-state index is 0.0128. The average Bonchev–Trinajstić information content (AvgIpc) is 2.77. The highest BCUT2D eigenvalue weighted by Gasteiger charge is 2.46. The molecule has 1 N–H and O–H groups in total. The molecule has 1 saturated heterocycles. The number of amides is 1. The van der Waals surface area contributed by atoms with E-state index in [0.29, 0.717) is 19.6 Å². The molecule has 1 aromatic carbocycles. The van der Waals surface area contributed by atoms with Crippen molar-refractivity contribution in [3.63, 3.8) is 0 Å². The Labute approximate surface area is 188 Å². The largest absolute Gasteiger partial charge is 0.502 e. The first-order chi connectivity index (χ1) is 14.5. The molecule has 3 atom stereocenters. The Kier molecular flexibility index (Phi) is 6.30. The molecule has 2 aromatic rings. The molecular weight excluding hydrogens is 501 g/mol. The van der Waals surface area contributed by atoms with Gasteiger partial charge in [-0.2, -0.15) is 0 Å². The molecular formula is C21H24IN3O5. The summed E-state index contributed by atoms with van der Waals surface area (Å²) in [5.74, 6) is -0.890. The summed E-state index contributed by atoms with van der Waals surface area (Å²) >= 11 is 1.88. The van der Waals surface area contributed by atoms with Crippen LogP contribution in [0.2, 0.25) is 0 Å². The van der Waals surface area contributed by atoms with Gasteiger partial charge in [-0.3, -0.25) is 19.3 Å². The van der Waals surface area contributed by atoms with Crippen LogP contribution in [0.15, 0.2) is 47.4 Å². The van der Waals surface area contributed by atoms with Gasteiger partial charge in [0.25, 0.3) is 5.91 Å². The topological polar surface area (TPSA) is 84.2 Å². The standard InChI is InChI=1S/C21H24IN3O5/c1-23-17-9-8-16(29-12-5-13-30-22)18(14-6-3-2-4-7-14)25(17)24-11-10-15(26)20(27)19(24)21(23)28/h2-4,6-7,10-11,16-18,27H,5,8-9,12-13H2,1H3. The molecule has 2 aliphatic heterocycles. The van der Waals surface area contributed by atoms with Crippen molar-refractivity contribution in [3.8, 4) is 5.75 Å². The van der Waals surface area contributed by atoms with E-state index in [-0.39, 0.29) is 29.9 Å². The minimum atomic E-state index is -0.568. The highest BCUT2D eigenvalue weighted by atomic mass is 127. The second kappa shape index (κ2) is 8.94. The number of piperidine rings is 1. The van der Waals surface area contributed by atoms with Crippen molar-refractivity contribution in [2.45, 2.75) is 37.6 Å². The molecule has 1 fully saturated rings. The zero-order chi connectivity index (χ0) is 21.3. The van der Waals surface area contributed by atoms with E-state index < -0.39 is 11.2 Å². The van der Waals surface area contributed by atoms with Crippen LogP contribution in [0.25, 0.3) is 0 Å². The summed E-state index contributed by atoms with van der Waals surface area (Å²) < 4.78 is 13.0. The zero-order valence-corrected chi connectivity index (χ0v) is 18.8. The van der Waals surface area contributed by atoms with Gasteiger partial charge >= 0.3 is 0 Å². The van der Waals surface area contributed by atoms with E-state index in [1.54, 1.807) is 22.8 Å². The summed E-state index contributed by atoms with van der Waals surface area (Å²) in [6.45, 7) is 1.18. The highest BCUT2D eigenvalue weighted by molar-refractivity contribution is 14.1. The van der Waals surface area contributed by atoms with E-state index in [9.17, 15) is 14.7 Å². The number of fused-ring (bicyclic) bond motifs is 3. The van der Waals surface area contributed by atoms with Gasteiger partial charge in [-0.25, -0.2) is 0 Å². The molecule has 8 nitrogen and oxygen atoms in total. The van der Waals surface area contributed by atoms with Crippen LogP contribution in [-0.4, -0.2) is 53.1 Å². The minimum Gasteiger partial charge on any atom is -0.502 e. The Balaban J connectivity index is 1.79. The van der Waals surface area contributed by atoms with Crippen molar-refractivity contribution in [3.05, 3.63) is 64.1 Å². The van der Waals surface area contributed by atoms with E-state index in [4.69, 9.17) is 7.80 Å². The van der Waals surface area contributed by atoms with Crippen molar-refractivity contribution in [1.82, 2.24) is 9.58 Å². The highest BCUT2D eigenvalue weighted by Crippen LogP contribution is 2.39. The van der Waals surface area contributed by atoms with Crippen molar-refractivity contribution in [1.29, 1.82) is 0 Å². The van der Waals surface area contributed by atoms with Crippen molar-refractivity contribution < 1.29 is 17.7 Å². The number of hydrogen-bond acceptors (Lipinski definition) is 6. The number of aromatic nitrogens is 1. The normalized spacial score (nSPS) is 23.3. The average molecular weight is 525 g/mol. The molecule has 0 bridgehead atoms. The van der Waals surface area contributed by atoms with Gasteiger partial charge in [0.2, 0.25) is 5.43 Å². The maximum absolute atomic E-state index is 12.9. The summed E-state index contributed by atoms with van der Waals surface area (Å²) in [5.41, 5.74) is 0.465. The Morgan fingerprint density at radius 1 is 1.13 bits per heavy atom. The van der Waals surface area contributed by atoms with Crippen LogP contribution >= 0.6 is 23.0 Å². The third-order valence-electron chi connectivity index (χ3n) is 5.76. The lowest BCUT2D eigenvalue weighted by molar-refractivity contribution is -0.0209. The molecule has 1 amide bonds. The third kappa shape index (κ3) is 3.69. The maximum Gasteiger partial charge on any atom is 0.277 e. The summed E-state index contributed by atoms with van der Waals surface area (Å²) in [7, 11) is 1.71. The van der Waals surface area contributed by atoms with Crippen LogP contribution in [0, 0.1) is 0 Å². The Morgan fingerprint density at radius 3 is 2.63 bits per heavy atom. The Hall–Kier alpha value is -2.11. The van der Waals surface area contributed by atoms with Gasteiger partial charge in [0.05, 0.1) is 18.8 Å². The first-order valence-corrected chi connectivity index (χ1v) is 10.8. The van der Waals surface area contributed by atoms with Gasteiger partial charge in [0.1, 0.15) is 29.2 Å². The second-order valence-electron chi connectivity index (χ2n) is 7.51. The third-order valence-corrected chi connectivity index (χ3v) is 6.20. The van der Waals surface area contributed by atoms with Crippen LogP contribution in [0.5, 0.6) is 5.75 Å². The fraction of sp³-hybridized carbons (Fsp3) is 0.429. The molecule has 0 spiro atoms. The number of carbonyl (C=O) groups excluding carboxylic acids is 1. The van der Waals surface area contributed by atoms with Gasteiger partial charge in [0.15, 0.2) is 11.4 Å². The smallest absolute Gasteiger partial charge is 0.277 e. The number of carbonyl (C=O) groups is 1.